The van der Waals surface area contributed by atoms with Crippen LogP contribution in [0.1, 0.15) is 27.6 Å². The molecule has 1 heterocycles. The molecule has 0 saturated heterocycles. The molecule has 0 aliphatic carbocycles. The van der Waals surface area contributed by atoms with E-state index in [1.807, 2.05) is 0 Å². The van der Waals surface area contributed by atoms with Crippen LogP contribution in [-0.2, 0) is 4.79 Å². The van der Waals surface area contributed by atoms with Gasteiger partial charge in [-0.15, -0.1) is 0 Å². The summed E-state index contributed by atoms with van der Waals surface area (Å²) in [4.78, 5) is 38.2. The average molecular weight is 392 g/mol. The first kappa shape index (κ1) is 19.4. The molecule has 0 spiro atoms. The Hall–Kier alpha value is -3.36. The van der Waals surface area contributed by atoms with Crippen molar-refractivity contribution in [2.75, 3.05) is 11.9 Å². The summed E-state index contributed by atoms with van der Waals surface area (Å²) in [5, 5.41) is 2.52. The van der Waals surface area contributed by atoms with Gasteiger partial charge in [0.1, 0.15) is 11.8 Å². The van der Waals surface area contributed by atoms with E-state index in [1.54, 1.807) is 12.1 Å². The summed E-state index contributed by atoms with van der Waals surface area (Å²) in [7, 11) is 0. The normalized spacial score (nSPS) is 14.6. The molecule has 0 radical (unpaired) electrons. The molecule has 1 atom stereocenters. The second-order valence-electron chi connectivity index (χ2n) is 6.12. The van der Waals surface area contributed by atoms with Crippen molar-refractivity contribution >= 4 is 23.4 Å². The topological polar surface area (TPSA) is 75.7 Å². The lowest BCUT2D eigenvalue weighted by Crippen LogP contribution is -2.45. The van der Waals surface area contributed by atoms with Crippen molar-refractivity contribution in [2.45, 2.75) is 19.1 Å². The fourth-order valence-electron chi connectivity index (χ4n) is 2.72. The molecule has 0 aromatic heterocycles. The van der Waals surface area contributed by atoms with E-state index in [0.717, 1.165) is 4.90 Å². The molecule has 0 fully saturated rings. The lowest BCUT2D eigenvalue weighted by Gasteiger charge is -2.21. The van der Waals surface area contributed by atoms with Crippen LogP contribution >= 0.6 is 0 Å². The molecule has 0 bridgehead atoms. The van der Waals surface area contributed by atoms with Crippen molar-refractivity contribution in [2.24, 2.45) is 0 Å². The summed E-state index contributed by atoms with van der Waals surface area (Å²) in [5.41, 5.74) is 0.754. The van der Waals surface area contributed by atoms with Gasteiger partial charge in [-0.2, -0.15) is 13.2 Å². The molecule has 1 aliphatic rings. The summed E-state index contributed by atoms with van der Waals surface area (Å²) < 4.78 is 41.0. The molecule has 146 valence electrons. The second kappa shape index (κ2) is 7.34. The molecule has 3 rings (SSSR count). The van der Waals surface area contributed by atoms with Gasteiger partial charge >= 0.3 is 6.18 Å². The van der Waals surface area contributed by atoms with Gasteiger partial charge in [0.05, 0.1) is 11.1 Å². The maximum Gasteiger partial charge on any atom is 0.422 e. The number of hydrogen-bond acceptors (Lipinski definition) is 4. The van der Waals surface area contributed by atoms with E-state index in [0.29, 0.717) is 0 Å². The highest BCUT2D eigenvalue weighted by Gasteiger charge is 2.40. The number of ether oxygens (including phenoxy) is 1. The Morgan fingerprint density at radius 2 is 1.57 bits per heavy atom. The van der Waals surface area contributed by atoms with E-state index in [2.05, 4.69) is 10.1 Å². The van der Waals surface area contributed by atoms with Crippen LogP contribution in [0.3, 0.4) is 0 Å². The van der Waals surface area contributed by atoms with Crippen molar-refractivity contribution in [3.63, 3.8) is 0 Å². The first-order valence-corrected chi connectivity index (χ1v) is 8.25. The molecule has 9 heteroatoms. The van der Waals surface area contributed by atoms with Gasteiger partial charge in [-0.25, -0.2) is 0 Å². The number of anilines is 1. The monoisotopic (exact) mass is 392 g/mol. The van der Waals surface area contributed by atoms with Crippen molar-refractivity contribution in [1.29, 1.82) is 0 Å². The fourth-order valence-corrected chi connectivity index (χ4v) is 2.72. The molecule has 28 heavy (non-hydrogen) atoms. The predicted molar refractivity (Wildman–Crippen MR) is 93.0 cm³/mol. The first-order chi connectivity index (χ1) is 13.2. The molecule has 2 aromatic rings. The number of halogens is 3. The van der Waals surface area contributed by atoms with E-state index in [-0.39, 0.29) is 22.6 Å². The summed E-state index contributed by atoms with van der Waals surface area (Å²) >= 11 is 0. The fraction of sp³-hybridized carbons (Fsp3) is 0.211. The number of nitrogens with zero attached hydrogens (tertiary/aromatic N) is 1. The molecule has 6 nitrogen and oxygen atoms in total. The number of hydrogen-bond donors (Lipinski definition) is 1. The van der Waals surface area contributed by atoms with Gasteiger partial charge in [0, 0.05) is 5.69 Å². The van der Waals surface area contributed by atoms with Crippen molar-refractivity contribution in [1.82, 2.24) is 4.90 Å². The quantitative estimate of drug-likeness (QED) is 0.793. The van der Waals surface area contributed by atoms with Gasteiger partial charge in [0.25, 0.3) is 11.8 Å². The molecule has 1 N–H and O–H groups in total. The maximum absolute atomic E-state index is 12.4. The third kappa shape index (κ3) is 3.98. The number of benzene rings is 2. The summed E-state index contributed by atoms with van der Waals surface area (Å²) in [6, 6.07) is 10.5. The number of fused-ring (bicyclic) bond motifs is 1. The number of imide groups is 1. The highest BCUT2D eigenvalue weighted by Crippen LogP contribution is 2.25. The average Bonchev–Trinajstić information content (AvgIpc) is 2.91. The molecular formula is C19H15F3N2O4. The van der Waals surface area contributed by atoms with Crippen LogP contribution in [0.25, 0.3) is 0 Å². The lowest BCUT2D eigenvalue weighted by atomic mass is 10.1. The molecule has 1 unspecified atom stereocenters. The lowest BCUT2D eigenvalue weighted by molar-refractivity contribution is -0.153. The zero-order chi connectivity index (χ0) is 20.5. The van der Waals surface area contributed by atoms with Gasteiger partial charge in [-0.1, -0.05) is 12.1 Å². The van der Waals surface area contributed by atoms with Crippen molar-refractivity contribution in [3.8, 4) is 5.75 Å². The summed E-state index contributed by atoms with van der Waals surface area (Å²) in [6.07, 6.45) is -4.45. The SMILES string of the molecule is CC(C(=O)Nc1ccc(OCC(F)(F)F)cc1)N1C(=O)c2ccccc2C1=O. The Labute approximate surface area is 157 Å². The van der Waals surface area contributed by atoms with Crippen LogP contribution in [0.5, 0.6) is 5.75 Å². The molecule has 1 aliphatic heterocycles. The number of alkyl halides is 3. The van der Waals surface area contributed by atoms with Gasteiger partial charge in [0.2, 0.25) is 5.91 Å². The number of rotatable bonds is 5. The van der Waals surface area contributed by atoms with E-state index >= 15 is 0 Å². The van der Waals surface area contributed by atoms with Crippen LogP contribution in [0.2, 0.25) is 0 Å². The van der Waals surface area contributed by atoms with E-state index in [1.165, 1.54) is 43.3 Å². The van der Waals surface area contributed by atoms with Crippen LogP contribution in [-0.4, -0.2) is 41.4 Å². The number of carbonyl (C=O) groups excluding carboxylic acids is 3. The minimum Gasteiger partial charge on any atom is -0.484 e. The smallest absolute Gasteiger partial charge is 0.422 e. The van der Waals surface area contributed by atoms with Crippen LogP contribution in [0.15, 0.2) is 48.5 Å². The van der Waals surface area contributed by atoms with Crippen LogP contribution in [0, 0.1) is 0 Å². The Kier molecular flexibility index (Phi) is 5.08. The summed E-state index contributed by atoms with van der Waals surface area (Å²) in [6.45, 7) is -0.00664. The molecule has 3 amide bonds. The molecule has 2 aromatic carbocycles. The molecule has 0 saturated carbocycles. The third-order valence-corrected chi connectivity index (χ3v) is 4.12. The highest BCUT2D eigenvalue weighted by atomic mass is 19.4. The minimum absolute atomic E-state index is 0.0104. The standard InChI is InChI=1S/C19H15F3N2O4/c1-11(24-17(26)14-4-2-3-5-15(14)18(24)27)16(25)23-12-6-8-13(9-7-12)28-10-19(20,21)22/h2-9,11H,10H2,1H3,(H,23,25). The summed E-state index contributed by atoms with van der Waals surface area (Å²) in [5.74, 6) is -1.74. The highest BCUT2D eigenvalue weighted by molar-refractivity contribution is 6.23. The number of nitrogens with one attached hydrogen (secondary N) is 1. The van der Waals surface area contributed by atoms with E-state index in [4.69, 9.17) is 0 Å². The zero-order valence-electron chi connectivity index (χ0n) is 14.6. The second-order valence-corrected chi connectivity index (χ2v) is 6.12. The Balaban J connectivity index is 1.65. The minimum atomic E-state index is -4.45. The zero-order valence-corrected chi connectivity index (χ0v) is 14.6. The molecular weight excluding hydrogens is 377 g/mol. The van der Waals surface area contributed by atoms with Crippen molar-refractivity contribution < 1.29 is 32.3 Å². The van der Waals surface area contributed by atoms with Gasteiger partial charge in [-0.3, -0.25) is 19.3 Å². The van der Waals surface area contributed by atoms with E-state index in [9.17, 15) is 27.6 Å². The van der Waals surface area contributed by atoms with Crippen LogP contribution < -0.4 is 10.1 Å². The largest absolute Gasteiger partial charge is 0.484 e. The Morgan fingerprint density at radius 1 is 1.04 bits per heavy atom. The number of amides is 3. The van der Waals surface area contributed by atoms with Gasteiger partial charge < -0.3 is 10.1 Å². The first-order valence-electron chi connectivity index (χ1n) is 8.25. The van der Waals surface area contributed by atoms with Gasteiger partial charge in [0.15, 0.2) is 6.61 Å². The maximum atomic E-state index is 12.4. The van der Waals surface area contributed by atoms with Crippen LogP contribution in [0.4, 0.5) is 18.9 Å². The Morgan fingerprint density at radius 3 is 2.07 bits per heavy atom. The van der Waals surface area contributed by atoms with E-state index < -0.39 is 36.5 Å². The predicted octanol–water partition coefficient (Wildman–Crippen LogP) is 3.25. The Bertz CT molecular complexity index is 891. The van der Waals surface area contributed by atoms with Gasteiger partial charge in [-0.05, 0) is 43.3 Å². The third-order valence-electron chi connectivity index (χ3n) is 4.12. The number of carbonyl (C=O) groups is 3. The van der Waals surface area contributed by atoms with Crippen molar-refractivity contribution in [3.05, 3.63) is 59.7 Å².